The summed E-state index contributed by atoms with van der Waals surface area (Å²) in [4.78, 5) is 4.35. The van der Waals surface area contributed by atoms with Gasteiger partial charge in [0.05, 0.1) is 11.8 Å². The Hall–Kier alpha value is -0.930. The summed E-state index contributed by atoms with van der Waals surface area (Å²) in [5.41, 5.74) is 2.40. The highest BCUT2D eigenvalue weighted by molar-refractivity contribution is 5.17. The molecule has 1 aromatic rings. The predicted molar refractivity (Wildman–Crippen MR) is 71.0 cm³/mol. The third-order valence-corrected chi connectivity index (χ3v) is 2.61. The molecule has 0 aliphatic heterocycles. The maximum atomic E-state index is 5.49. The molecular formula is C14H24N2O. The van der Waals surface area contributed by atoms with Gasteiger partial charge in [-0.1, -0.05) is 6.07 Å². The molecule has 1 N–H and O–H groups in total. The van der Waals surface area contributed by atoms with Gasteiger partial charge >= 0.3 is 0 Å². The van der Waals surface area contributed by atoms with Crippen LogP contribution in [0.3, 0.4) is 0 Å². The summed E-state index contributed by atoms with van der Waals surface area (Å²) in [5.74, 6) is 0. The molecule has 0 bridgehead atoms. The van der Waals surface area contributed by atoms with Gasteiger partial charge in [-0.05, 0) is 51.8 Å². The summed E-state index contributed by atoms with van der Waals surface area (Å²) in [6.07, 6.45) is 4.46. The van der Waals surface area contributed by atoms with Gasteiger partial charge < -0.3 is 10.1 Å². The van der Waals surface area contributed by atoms with Crippen molar-refractivity contribution in [2.45, 2.75) is 46.3 Å². The highest BCUT2D eigenvalue weighted by Gasteiger charge is 1.98. The van der Waals surface area contributed by atoms with Gasteiger partial charge in [-0.15, -0.1) is 0 Å². The van der Waals surface area contributed by atoms with E-state index >= 15 is 0 Å². The van der Waals surface area contributed by atoms with Crippen molar-refractivity contribution < 1.29 is 4.74 Å². The fourth-order valence-electron chi connectivity index (χ4n) is 1.58. The Labute approximate surface area is 105 Å². The van der Waals surface area contributed by atoms with Crippen molar-refractivity contribution in [2.75, 3.05) is 13.2 Å². The van der Waals surface area contributed by atoms with E-state index in [1.807, 2.05) is 12.3 Å². The van der Waals surface area contributed by atoms with E-state index in [9.17, 15) is 0 Å². The van der Waals surface area contributed by atoms with E-state index in [0.717, 1.165) is 38.2 Å². The number of nitrogens with one attached hydrogen (secondary N) is 1. The van der Waals surface area contributed by atoms with Crippen LogP contribution >= 0.6 is 0 Å². The molecule has 0 amide bonds. The summed E-state index contributed by atoms with van der Waals surface area (Å²) >= 11 is 0. The van der Waals surface area contributed by atoms with Crippen LogP contribution in [0.4, 0.5) is 0 Å². The summed E-state index contributed by atoms with van der Waals surface area (Å²) < 4.78 is 5.49. The van der Waals surface area contributed by atoms with E-state index in [1.54, 1.807) is 0 Å². The van der Waals surface area contributed by atoms with Crippen molar-refractivity contribution in [3.63, 3.8) is 0 Å². The average molecular weight is 236 g/mol. The fraction of sp³-hybridized carbons (Fsp3) is 0.643. The molecule has 96 valence electrons. The Bertz CT molecular complexity index is 313. The molecule has 0 aromatic carbocycles. The first-order chi connectivity index (χ1) is 8.20. The lowest BCUT2D eigenvalue weighted by molar-refractivity contribution is 0.0760. The molecule has 17 heavy (non-hydrogen) atoms. The zero-order chi connectivity index (χ0) is 12.5. The largest absolute Gasteiger partial charge is 0.379 e. The minimum absolute atomic E-state index is 0.346. The lowest BCUT2D eigenvalue weighted by Gasteiger charge is -2.08. The van der Waals surface area contributed by atoms with E-state index < -0.39 is 0 Å². The monoisotopic (exact) mass is 236 g/mol. The number of ether oxygens (including phenoxy) is 1. The molecule has 1 rings (SSSR count). The van der Waals surface area contributed by atoms with Crippen LogP contribution in [0.2, 0.25) is 0 Å². The van der Waals surface area contributed by atoms with Crippen molar-refractivity contribution in [2.24, 2.45) is 0 Å². The van der Waals surface area contributed by atoms with Crippen molar-refractivity contribution in [1.29, 1.82) is 0 Å². The first-order valence-electron chi connectivity index (χ1n) is 6.43. The van der Waals surface area contributed by atoms with Crippen molar-refractivity contribution in [1.82, 2.24) is 10.3 Å². The lowest BCUT2D eigenvalue weighted by atomic mass is 10.2. The normalized spacial score (nSPS) is 11.1. The van der Waals surface area contributed by atoms with Crippen LogP contribution in [0.25, 0.3) is 0 Å². The lowest BCUT2D eigenvalue weighted by Crippen LogP contribution is -2.17. The predicted octanol–water partition coefficient (Wildman–Crippen LogP) is 2.68. The van der Waals surface area contributed by atoms with Gasteiger partial charge in [0, 0.05) is 19.3 Å². The summed E-state index contributed by atoms with van der Waals surface area (Å²) in [6.45, 7) is 8.99. The van der Waals surface area contributed by atoms with Gasteiger partial charge in [-0.3, -0.25) is 4.98 Å². The minimum atomic E-state index is 0.346. The number of rotatable bonds is 8. The summed E-state index contributed by atoms with van der Waals surface area (Å²) in [7, 11) is 0. The number of nitrogens with zero attached hydrogens (tertiary/aromatic N) is 1. The number of hydrogen-bond acceptors (Lipinski definition) is 3. The maximum absolute atomic E-state index is 5.49. The molecule has 1 aromatic heterocycles. The first kappa shape index (κ1) is 14.1. The van der Waals surface area contributed by atoms with Crippen LogP contribution in [0.1, 0.15) is 37.9 Å². The molecule has 0 atom stereocenters. The second kappa shape index (κ2) is 8.20. The number of aryl methyl sites for hydroxylation is 1. The first-order valence-corrected chi connectivity index (χ1v) is 6.43. The summed E-state index contributed by atoms with van der Waals surface area (Å²) in [6, 6.07) is 4.07. The molecule has 0 aliphatic rings. The molecule has 0 saturated heterocycles. The van der Waals surface area contributed by atoms with Gasteiger partial charge in [-0.2, -0.15) is 0 Å². The molecule has 0 fully saturated rings. The molecule has 3 heteroatoms. The minimum Gasteiger partial charge on any atom is -0.379 e. The van der Waals surface area contributed by atoms with E-state index in [2.05, 4.69) is 37.1 Å². The zero-order valence-electron chi connectivity index (χ0n) is 11.2. The van der Waals surface area contributed by atoms with Gasteiger partial charge in [0.2, 0.25) is 0 Å². The van der Waals surface area contributed by atoms with Crippen molar-refractivity contribution in [3.05, 3.63) is 29.6 Å². The van der Waals surface area contributed by atoms with E-state index in [4.69, 9.17) is 4.74 Å². The standard InChI is InChI=1S/C14H24N2O/c1-12(2)17-10-5-4-8-15-11-14-13(3)7-6-9-16-14/h6-7,9,12,15H,4-5,8,10-11H2,1-3H3. The van der Waals surface area contributed by atoms with Gasteiger partial charge in [0.15, 0.2) is 0 Å². The highest BCUT2D eigenvalue weighted by atomic mass is 16.5. The van der Waals surface area contributed by atoms with Gasteiger partial charge in [-0.25, -0.2) is 0 Å². The topological polar surface area (TPSA) is 34.2 Å². The van der Waals surface area contributed by atoms with Crippen LogP contribution in [0.15, 0.2) is 18.3 Å². The van der Waals surface area contributed by atoms with Gasteiger partial charge in [0.25, 0.3) is 0 Å². The maximum Gasteiger partial charge on any atom is 0.0570 e. The fourth-order valence-corrected chi connectivity index (χ4v) is 1.58. The third kappa shape index (κ3) is 6.39. The molecule has 1 heterocycles. The number of hydrogen-bond donors (Lipinski definition) is 1. The zero-order valence-corrected chi connectivity index (χ0v) is 11.2. The SMILES string of the molecule is Cc1cccnc1CNCCCCOC(C)C. The molecule has 3 nitrogen and oxygen atoms in total. The quantitative estimate of drug-likeness (QED) is 0.705. The summed E-state index contributed by atoms with van der Waals surface area (Å²) in [5, 5.41) is 3.41. The number of unbranched alkanes of at least 4 members (excludes halogenated alkanes) is 1. The van der Waals surface area contributed by atoms with Crippen LogP contribution in [-0.4, -0.2) is 24.2 Å². The molecule has 0 radical (unpaired) electrons. The van der Waals surface area contributed by atoms with E-state index in [1.165, 1.54) is 5.56 Å². The van der Waals surface area contributed by atoms with Crippen molar-refractivity contribution in [3.8, 4) is 0 Å². The second-order valence-corrected chi connectivity index (χ2v) is 4.57. The smallest absolute Gasteiger partial charge is 0.0570 e. The van der Waals surface area contributed by atoms with Crippen LogP contribution in [0, 0.1) is 6.92 Å². The van der Waals surface area contributed by atoms with Crippen LogP contribution < -0.4 is 5.32 Å². The van der Waals surface area contributed by atoms with Gasteiger partial charge in [0.1, 0.15) is 0 Å². The van der Waals surface area contributed by atoms with Crippen LogP contribution in [-0.2, 0) is 11.3 Å². The third-order valence-electron chi connectivity index (χ3n) is 2.61. The average Bonchev–Trinajstić information content (AvgIpc) is 2.30. The second-order valence-electron chi connectivity index (χ2n) is 4.57. The number of aromatic nitrogens is 1. The Morgan fingerprint density at radius 1 is 1.35 bits per heavy atom. The molecule has 0 aliphatic carbocycles. The molecule has 0 saturated carbocycles. The molecular weight excluding hydrogens is 212 g/mol. The number of pyridine rings is 1. The Morgan fingerprint density at radius 2 is 2.18 bits per heavy atom. The van der Waals surface area contributed by atoms with Crippen LogP contribution in [0.5, 0.6) is 0 Å². The Balaban J connectivity index is 2.03. The Kier molecular flexibility index (Phi) is 6.82. The van der Waals surface area contributed by atoms with E-state index in [0.29, 0.717) is 6.10 Å². The van der Waals surface area contributed by atoms with Crippen molar-refractivity contribution >= 4 is 0 Å². The molecule has 0 unspecified atom stereocenters. The molecule has 0 spiro atoms. The van der Waals surface area contributed by atoms with E-state index in [-0.39, 0.29) is 0 Å². The Morgan fingerprint density at radius 3 is 2.88 bits per heavy atom. The highest BCUT2D eigenvalue weighted by Crippen LogP contribution is 2.02.